The molecule has 0 radical (unpaired) electrons. The van der Waals surface area contributed by atoms with Crippen LogP contribution in [0.5, 0.6) is 0 Å². The van der Waals surface area contributed by atoms with Gasteiger partial charge in [-0.25, -0.2) is 15.0 Å². The fourth-order valence-corrected chi connectivity index (χ4v) is 3.08. The number of pyridine rings is 1. The van der Waals surface area contributed by atoms with Gasteiger partial charge in [-0.05, 0) is 44.2 Å². The number of amides is 1. The quantitative estimate of drug-likeness (QED) is 0.488. The van der Waals surface area contributed by atoms with Crippen LogP contribution in [0.2, 0.25) is 0 Å². The van der Waals surface area contributed by atoms with Gasteiger partial charge in [-0.1, -0.05) is 42.5 Å². The van der Waals surface area contributed by atoms with Gasteiger partial charge in [0.05, 0.1) is 5.69 Å². The van der Waals surface area contributed by atoms with Gasteiger partial charge in [0.2, 0.25) is 0 Å². The van der Waals surface area contributed by atoms with E-state index in [-0.39, 0.29) is 5.91 Å². The maximum Gasteiger partial charge on any atom is 0.256 e. The summed E-state index contributed by atoms with van der Waals surface area (Å²) in [5, 5.41) is 6.10. The normalized spacial score (nSPS) is 10.5. The minimum absolute atomic E-state index is 0.222. The summed E-state index contributed by atoms with van der Waals surface area (Å²) in [6.45, 7) is 3.74. The molecule has 0 aliphatic rings. The topological polar surface area (TPSA) is 79.8 Å². The summed E-state index contributed by atoms with van der Waals surface area (Å²) in [4.78, 5) is 25.9. The SMILES string of the molecule is Cc1cccc(NC(=O)c2cccc(Nc3cc(-c4ccccc4)nc(C)n3)c2)n1. The monoisotopic (exact) mass is 395 g/mol. The zero-order valence-corrected chi connectivity index (χ0v) is 16.8. The van der Waals surface area contributed by atoms with E-state index in [1.807, 2.05) is 74.5 Å². The number of anilines is 3. The molecule has 4 rings (SSSR count). The van der Waals surface area contributed by atoms with Gasteiger partial charge in [0, 0.05) is 28.6 Å². The summed E-state index contributed by atoms with van der Waals surface area (Å²) in [6, 6.07) is 24.6. The predicted molar refractivity (Wildman–Crippen MR) is 119 cm³/mol. The van der Waals surface area contributed by atoms with Crippen LogP contribution >= 0.6 is 0 Å². The Kier molecular flexibility index (Phi) is 5.48. The van der Waals surface area contributed by atoms with E-state index < -0.39 is 0 Å². The van der Waals surface area contributed by atoms with Crippen molar-refractivity contribution < 1.29 is 4.79 Å². The molecule has 0 bridgehead atoms. The Hall–Kier alpha value is -4.06. The Bertz CT molecular complexity index is 1190. The largest absolute Gasteiger partial charge is 0.340 e. The molecule has 4 aromatic rings. The molecule has 0 spiro atoms. The van der Waals surface area contributed by atoms with Gasteiger partial charge in [0.15, 0.2) is 0 Å². The van der Waals surface area contributed by atoms with Gasteiger partial charge < -0.3 is 10.6 Å². The number of aryl methyl sites for hydroxylation is 2. The fourth-order valence-electron chi connectivity index (χ4n) is 3.08. The summed E-state index contributed by atoms with van der Waals surface area (Å²) in [6.07, 6.45) is 0. The van der Waals surface area contributed by atoms with Gasteiger partial charge in [-0.3, -0.25) is 4.79 Å². The van der Waals surface area contributed by atoms with Crippen molar-refractivity contribution in [3.05, 3.63) is 95.9 Å². The number of benzene rings is 2. The molecule has 6 nitrogen and oxygen atoms in total. The zero-order chi connectivity index (χ0) is 20.9. The molecule has 0 unspecified atom stereocenters. The maximum absolute atomic E-state index is 12.6. The second-order valence-corrected chi connectivity index (χ2v) is 6.88. The van der Waals surface area contributed by atoms with Crippen molar-refractivity contribution in [3.63, 3.8) is 0 Å². The van der Waals surface area contributed by atoms with E-state index in [0.29, 0.717) is 23.0 Å². The van der Waals surface area contributed by atoms with Crippen LogP contribution < -0.4 is 10.6 Å². The molecule has 0 saturated carbocycles. The summed E-state index contributed by atoms with van der Waals surface area (Å²) in [5.41, 5.74) is 3.99. The van der Waals surface area contributed by atoms with E-state index in [1.165, 1.54) is 0 Å². The third kappa shape index (κ3) is 4.67. The second kappa shape index (κ2) is 8.53. The Morgan fingerprint density at radius 3 is 2.37 bits per heavy atom. The first-order valence-electron chi connectivity index (χ1n) is 9.60. The smallest absolute Gasteiger partial charge is 0.256 e. The Labute approximate surface area is 175 Å². The molecule has 0 aliphatic heterocycles. The van der Waals surface area contributed by atoms with Crippen molar-refractivity contribution in [1.82, 2.24) is 15.0 Å². The van der Waals surface area contributed by atoms with Gasteiger partial charge in [-0.15, -0.1) is 0 Å². The van der Waals surface area contributed by atoms with Crippen molar-refractivity contribution in [2.45, 2.75) is 13.8 Å². The van der Waals surface area contributed by atoms with Crippen molar-refractivity contribution in [2.75, 3.05) is 10.6 Å². The number of hydrogen-bond donors (Lipinski definition) is 2. The molecule has 2 heterocycles. The molecule has 2 aromatic carbocycles. The third-order valence-electron chi connectivity index (χ3n) is 4.43. The summed E-state index contributed by atoms with van der Waals surface area (Å²) >= 11 is 0. The Balaban J connectivity index is 1.55. The van der Waals surface area contributed by atoms with E-state index >= 15 is 0 Å². The van der Waals surface area contributed by atoms with E-state index in [1.54, 1.807) is 18.2 Å². The van der Waals surface area contributed by atoms with Crippen molar-refractivity contribution >= 4 is 23.2 Å². The summed E-state index contributed by atoms with van der Waals surface area (Å²) in [7, 11) is 0. The first kappa shape index (κ1) is 19.3. The van der Waals surface area contributed by atoms with Crippen LogP contribution in [0.15, 0.2) is 78.9 Å². The lowest BCUT2D eigenvalue weighted by Gasteiger charge is -2.10. The highest BCUT2D eigenvalue weighted by Crippen LogP contribution is 2.22. The minimum Gasteiger partial charge on any atom is -0.340 e. The van der Waals surface area contributed by atoms with Crippen molar-refractivity contribution in [1.29, 1.82) is 0 Å². The van der Waals surface area contributed by atoms with E-state index in [0.717, 1.165) is 22.6 Å². The number of rotatable bonds is 5. The summed E-state index contributed by atoms with van der Waals surface area (Å²) in [5.74, 6) is 1.63. The molecule has 1 amide bonds. The lowest BCUT2D eigenvalue weighted by Crippen LogP contribution is -2.13. The molecule has 0 saturated heterocycles. The van der Waals surface area contributed by atoms with Gasteiger partial charge >= 0.3 is 0 Å². The van der Waals surface area contributed by atoms with E-state index in [2.05, 4.69) is 25.6 Å². The molecular formula is C24H21N5O. The lowest BCUT2D eigenvalue weighted by atomic mass is 10.1. The first-order chi connectivity index (χ1) is 14.6. The molecule has 0 atom stereocenters. The average Bonchev–Trinajstić information content (AvgIpc) is 2.74. The molecule has 2 aromatic heterocycles. The number of nitrogens with zero attached hydrogens (tertiary/aromatic N) is 3. The highest BCUT2D eigenvalue weighted by molar-refractivity contribution is 6.04. The number of hydrogen-bond acceptors (Lipinski definition) is 5. The number of nitrogens with one attached hydrogen (secondary N) is 2. The first-order valence-corrected chi connectivity index (χ1v) is 9.60. The zero-order valence-electron chi connectivity index (χ0n) is 16.8. The summed E-state index contributed by atoms with van der Waals surface area (Å²) < 4.78 is 0. The predicted octanol–water partition coefficient (Wildman–Crippen LogP) is 5.15. The van der Waals surface area contributed by atoms with E-state index in [4.69, 9.17) is 0 Å². The highest BCUT2D eigenvalue weighted by Gasteiger charge is 2.09. The van der Waals surface area contributed by atoms with Crippen LogP contribution in [0.4, 0.5) is 17.3 Å². The van der Waals surface area contributed by atoms with Gasteiger partial charge in [-0.2, -0.15) is 0 Å². The van der Waals surface area contributed by atoms with Crippen LogP contribution in [-0.2, 0) is 0 Å². The number of carbonyl (C=O) groups is 1. The van der Waals surface area contributed by atoms with Crippen LogP contribution in [0.1, 0.15) is 21.9 Å². The minimum atomic E-state index is -0.222. The number of carbonyl (C=O) groups excluding carboxylic acids is 1. The van der Waals surface area contributed by atoms with Crippen LogP contribution in [0, 0.1) is 13.8 Å². The molecule has 30 heavy (non-hydrogen) atoms. The third-order valence-corrected chi connectivity index (χ3v) is 4.43. The van der Waals surface area contributed by atoms with Gasteiger partial charge in [0.25, 0.3) is 5.91 Å². The molecule has 6 heteroatoms. The molecule has 0 aliphatic carbocycles. The number of aromatic nitrogens is 3. The maximum atomic E-state index is 12.6. The standard InChI is InChI=1S/C24H21N5O/c1-16-8-6-13-22(25-16)29-24(30)19-11-7-12-20(14-19)28-23-15-21(26-17(2)27-23)18-9-4-3-5-10-18/h3-15H,1-2H3,(H,25,29,30)(H,26,27,28). The molecule has 148 valence electrons. The van der Waals surface area contributed by atoms with Crippen LogP contribution in [0.25, 0.3) is 11.3 Å². The van der Waals surface area contributed by atoms with Crippen molar-refractivity contribution in [2.24, 2.45) is 0 Å². The van der Waals surface area contributed by atoms with Crippen LogP contribution in [-0.4, -0.2) is 20.9 Å². The van der Waals surface area contributed by atoms with E-state index in [9.17, 15) is 4.79 Å². The van der Waals surface area contributed by atoms with Crippen molar-refractivity contribution in [3.8, 4) is 11.3 Å². The Morgan fingerprint density at radius 1 is 0.767 bits per heavy atom. The molecular weight excluding hydrogens is 374 g/mol. The fraction of sp³-hybridized carbons (Fsp3) is 0.0833. The second-order valence-electron chi connectivity index (χ2n) is 6.88. The molecule has 2 N–H and O–H groups in total. The van der Waals surface area contributed by atoms with Crippen LogP contribution in [0.3, 0.4) is 0 Å². The molecule has 0 fully saturated rings. The Morgan fingerprint density at radius 2 is 1.57 bits per heavy atom. The average molecular weight is 395 g/mol. The lowest BCUT2D eigenvalue weighted by molar-refractivity contribution is 0.102. The van der Waals surface area contributed by atoms with Gasteiger partial charge in [0.1, 0.15) is 17.5 Å². The highest BCUT2D eigenvalue weighted by atomic mass is 16.1.